The van der Waals surface area contributed by atoms with Gasteiger partial charge in [0.15, 0.2) is 4.77 Å². The lowest BCUT2D eigenvalue weighted by molar-refractivity contribution is 0.239. The van der Waals surface area contributed by atoms with E-state index in [9.17, 15) is 0 Å². The van der Waals surface area contributed by atoms with E-state index in [2.05, 4.69) is 35.6 Å². The van der Waals surface area contributed by atoms with Crippen molar-refractivity contribution < 1.29 is 0 Å². The van der Waals surface area contributed by atoms with Crippen LogP contribution >= 0.6 is 12.2 Å². The minimum Gasteiger partial charge on any atom is -0.334 e. The molecule has 1 aromatic heterocycles. The first-order valence-electron chi connectivity index (χ1n) is 7.94. The summed E-state index contributed by atoms with van der Waals surface area (Å²) in [6, 6.07) is 0. The molecule has 0 bridgehead atoms. The predicted molar refractivity (Wildman–Crippen MR) is 88.7 cm³/mol. The van der Waals surface area contributed by atoms with Crippen LogP contribution in [0, 0.1) is 10.2 Å². The lowest BCUT2D eigenvalue weighted by Gasteiger charge is -2.38. The van der Waals surface area contributed by atoms with E-state index < -0.39 is 0 Å². The van der Waals surface area contributed by atoms with Crippen LogP contribution in [0.4, 0.5) is 0 Å². The standard InChI is InChI=1S/C17H25N3S/c1-12-5-4-7-17(2,3)14(12)11-20-8-6-15-13(10-20)9-18-16(21)19-15/h9H,4-8,10-11H2,1-3H3,(H,18,19,21). The SMILES string of the molecule is CC1=C(CN2CCc3[nH]c(=S)ncc3C2)C(C)(C)CCC1. The fraction of sp³-hybridized carbons (Fsp3) is 0.647. The number of rotatable bonds is 2. The molecule has 3 rings (SSSR count). The summed E-state index contributed by atoms with van der Waals surface area (Å²) in [5.74, 6) is 0. The molecule has 0 aromatic carbocycles. The molecule has 1 aliphatic carbocycles. The summed E-state index contributed by atoms with van der Waals surface area (Å²) in [6.07, 6.45) is 6.93. The largest absolute Gasteiger partial charge is 0.334 e. The van der Waals surface area contributed by atoms with Gasteiger partial charge in [0.25, 0.3) is 0 Å². The highest BCUT2D eigenvalue weighted by atomic mass is 32.1. The Bertz CT molecular complexity index is 627. The van der Waals surface area contributed by atoms with Crippen molar-refractivity contribution in [3.8, 4) is 0 Å². The highest BCUT2D eigenvalue weighted by Gasteiger charge is 2.30. The average molecular weight is 303 g/mol. The van der Waals surface area contributed by atoms with Crippen LogP contribution in [-0.2, 0) is 13.0 Å². The van der Waals surface area contributed by atoms with Gasteiger partial charge in [-0.15, -0.1) is 0 Å². The van der Waals surface area contributed by atoms with E-state index in [0.717, 1.165) is 26.1 Å². The Morgan fingerprint density at radius 3 is 2.95 bits per heavy atom. The minimum absolute atomic E-state index is 0.359. The topological polar surface area (TPSA) is 31.9 Å². The number of aromatic nitrogens is 2. The van der Waals surface area contributed by atoms with Gasteiger partial charge in [-0.2, -0.15) is 0 Å². The van der Waals surface area contributed by atoms with E-state index in [4.69, 9.17) is 12.2 Å². The number of nitrogens with one attached hydrogen (secondary N) is 1. The van der Waals surface area contributed by atoms with Gasteiger partial charge < -0.3 is 4.98 Å². The van der Waals surface area contributed by atoms with Crippen LogP contribution in [-0.4, -0.2) is 28.0 Å². The number of aromatic amines is 1. The van der Waals surface area contributed by atoms with Crippen molar-refractivity contribution in [1.29, 1.82) is 0 Å². The number of allylic oxidation sites excluding steroid dienone is 1. The third-order valence-electron chi connectivity index (χ3n) is 5.12. The summed E-state index contributed by atoms with van der Waals surface area (Å²) in [5, 5.41) is 0. The molecular weight excluding hydrogens is 278 g/mol. The van der Waals surface area contributed by atoms with E-state index in [0.29, 0.717) is 10.2 Å². The highest BCUT2D eigenvalue weighted by molar-refractivity contribution is 7.71. The van der Waals surface area contributed by atoms with Gasteiger partial charge in [-0.05, 0) is 43.8 Å². The van der Waals surface area contributed by atoms with E-state index in [-0.39, 0.29) is 0 Å². The van der Waals surface area contributed by atoms with Crippen LogP contribution < -0.4 is 0 Å². The van der Waals surface area contributed by atoms with Gasteiger partial charge in [0.2, 0.25) is 0 Å². The van der Waals surface area contributed by atoms with Crippen LogP contribution in [0.15, 0.2) is 17.3 Å². The van der Waals surface area contributed by atoms with Gasteiger partial charge in [0, 0.05) is 43.5 Å². The maximum atomic E-state index is 5.12. The maximum Gasteiger partial charge on any atom is 0.196 e. The first-order chi connectivity index (χ1) is 9.95. The number of hydrogen-bond acceptors (Lipinski definition) is 3. The molecule has 2 heterocycles. The minimum atomic E-state index is 0.359. The van der Waals surface area contributed by atoms with Crippen LogP contribution in [0.5, 0.6) is 0 Å². The van der Waals surface area contributed by atoms with Crippen LogP contribution in [0.3, 0.4) is 0 Å². The second-order valence-electron chi connectivity index (χ2n) is 7.15. The third-order valence-corrected chi connectivity index (χ3v) is 5.33. The molecule has 3 nitrogen and oxygen atoms in total. The van der Waals surface area contributed by atoms with E-state index >= 15 is 0 Å². The summed E-state index contributed by atoms with van der Waals surface area (Å²) in [5.41, 5.74) is 6.22. The first-order valence-corrected chi connectivity index (χ1v) is 8.35. The predicted octanol–water partition coefficient (Wildman–Crippen LogP) is 4.02. The molecule has 0 amide bonds. The summed E-state index contributed by atoms with van der Waals surface area (Å²) in [7, 11) is 0. The molecule has 1 aliphatic heterocycles. The lowest BCUT2D eigenvalue weighted by Crippen LogP contribution is -2.36. The van der Waals surface area contributed by atoms with Gasteiger partial charge >= 0.3 is 0 Å². The number of fused-ring (bicyclic) bond motifs is 1. The van der Waals surface area contributed by atoms with Crippen molar-refractivity contribution in [2.75, 3.05) is 13.1 Å². The van der Waals surface area contributed by atoms with Crippen molar-refractivity contribution in [2.45, 2.75) is 53.0 Å². The Kier molecular flexibility index (Phi) is 4.02. The average Bonchev–Trinajstić information content (AvgIpc) is 2.43. The van der Waals surface area contributed by atoms with Crippen molar-refractivity contribution >= 4 is 12.2 Å². The lowest BCUT2D eigenvalue weighted by atomic mass is 9.72. The molecule has 21 heavy (non-hydrogen) atoms. The van der Waals surface area contributed by atoms with Crippen LogP contribution in [0.1, 0.15) is 51.3 Å². The summed E-state index contributed by atoms with van der Waals surface area (Å²) >= 11 is 5.12. The Morgan fingerprint density at radius 2 is 2.19 bits per heavy atom. The van der Waals surface area contributed by atoms with E-state index in [1.165, 1.54) is 30.5 Å². The van der Waals surface area contributed by atoms with Gasteiger partial charge in [-0.3, -0.25) is 4.90 Å². The Balaban J connectivity index is 1.78. The van der Waals surface area contributed by atoms with Gasteiger partial charge in [0.1, 0.15) is 0 Å². The van der Waals surface area contributed by atoms with Gasteiger partial charge in [-0.1, -0.05) is 25.0 Å². The molecule has 2 aliphatic rings. The number of hydrogen-bond donors (Lipinski definition) is 1. The maximum absolute atomic E-state index is 5.12. The smallest absolute Gasteiger partial charge is 0.196 e. The zero-order chi connectivity index (χ0) is 15.0. The fourth-order valence-corrected chi connectivity index (χ4v) is 3.96. The van der Waals surface area contributed by atoms with Crippen molar-refractivity contribution in [1.82, 2.24) is 14.9 Å². The van der Waals surface area contributed by atoms with Gasteiger partial charge in [-0.25, -0.2) is 4.98 Å². The highest BCUT2D eigenvalue weighted by Crippen LogP contribution is 2.40. The molecule has 0 radical (unpaired) electrons. The second-order valence-corrected chi connectivity index (χ2v) is 7.54. The van der Waals surface area contributed by atoms with E-state index in [1.54, 1.807) is 11.1 Å². The molecular formula is C17H25N3S. The molecule has 0 unspecified atom stereocenters. The summed E-state index contributed by atoms with van der Waals surface area (Å²) in [6.45, 7) is 10.3. The summed E-state index contributed by atoms with van der Waals surface area (Å²) in [4.78, 5) is 10.0. The fourth-order valence-electron chi connectivity index (χ4n) is 3.79. The molecule has 4 heteroatoms. The molecule has 1 aromatic rings. The van der Waals surface area contributed by atoms with E-state index in [1.807, 2.05) is 6.20 Å². The number of H-pyrrole nitrogens is 1. The zero-order valence-electron chi connectivity index (χ0n) is 13.3. The summed E-state index contributed by atoms with van der Waals surface area (Å²) < 4.78 is 0.606. The van der Waals surface area contributed by atoms with Crippen LogP contribution in [0.25, 0.3) is 0 Å². The van der Waals surface area contributed by atoms with Crippen molar-refractivity contribution in [3.05, 3.63) is 33.4 Å². The molecule has 0 spiro atoms. The van der Waals surface area contributed by atoms with Crippen LogP contribution in [0.2, 0.25) is 0 Å². The molecule has 1 N–H and O–H groups in total. The zero-order valence-corrected chi connectivity index (χ0v) is 14.1. The Labute approximate surface area is 132 Å². The Morgan fingerprint density at radius 1 is 1.38 bits per heavy atom. The molecule has 0 fully saturated rings. The molecule has 0 saturated carbocycles. The molecule has 0 saturated heterocycles. The molecule has 114 valence electrons. The first kappa shape index (κ1) is 14.9. The quantitative estimate of drug-likeness (QED) is 0.661. The Hall–Kier alpha value is -1.00. The van der Waals surface area contributed by atoms with Crippen molar-refractivity contribution in [2.24, 2.45) is 5.41 Å². The monoisotopic (exact) mass is 303 g/mol. The van der Waals surface area contributed by atoms with Gasteiger partial charge in [0.05, 0.1) is 0 Å². The second kappa shape index (κ2) is 5.65. The number of nitrogens with zero attached hydrogens (tertiary/aromatic N) is 2. The third kappa shape index (κ3) is 3.11. The normalized spacial score (nSPS) is 22.2. The van der Waals surface area contributed by atoms with Crippen molar-refractivity contribution in [3.63, 3.8) is 0 Å². The molecule has 0 atom stereocenters.